The Morgan fingerprint density at radius 1 is 0.261 bits per heavy atom. The number of benzene rings is 8. The van der Waals surface area contributed by atoms with Crippen molar-refractivity contribution in [2.75, 3.05) is 0 Å². The SMILES string of the molecule is Cc1ccc2c(oc3nc(C(C)C)ccc32)c1-c1c(-c2cccc(C(C)C)c2)ccc[n+]1C.Cc1ccc2c(oc3nc(C(C)C)ccc32)c1-c1c(-c2cccc(C3CCCC3)c2)ccc[n+]1C.Cc1ccc2c(oc3nc(C(C)C)ccc32)c1-c1cc(-c2cccc(C3CCCC3)c2)cc[n+]1C.Cc1ccc2c(oc3nc(C(C)C)ccc32)c1-c1ccc(-c2cccc(C3CCCC3)c2)c[n+]1C. The van der Waals surface area contributed by atoms with Crippen LogP contribution in [0.3, 0.4) is 0 Å². The van der Waals surface area contributed by atoms with Crippen LogP contribution in [-0.4, -0.2) is 19.9 Å². The minimum atomic E-state index is 0.357. The van der Waals surface area contributed by atoms with Crippen molar-refractivity contribution < 1.29 is 35.9 Å². The molecule has 0 spiro atoms. The number of pyridine rings is 8. The van der Waals surface area contributed by atoms with Crippen molar-refractivity contribution in [1.82, 2.24) is 19.9 Å². The molecule has 12 heteroatoms. The van der Waals surface area contributed by atoms with Gasteiger partial charge in [0, 0.05) is 102 Å². The van der Waals surface area contributed by atoms with E-state index in [-0.39, 0.29) is 0 Å². The van der Waals surface area contributed by atoms with Crippen LogP contribution in [0.4, 0.5) is 0 Å². The minimum absolute atomic E-state index is 0.357. The fraction of sp³-hybridized carbons (Fsp3) is 0.302. The zero-order chi connectivity index (χ0) is 95.6. The first-order valence-electron chi connectivity index (χ1n) is 50.6. The number of furan rings is 4. The van der Waals surface area contributed by atoms with Crippen LogP contribution in [0.25, 0.3) is 178 Å². The van der Waals surface area contributed by atoms with Gasteiger partial charge in [0.2, 0.25) is 45.6 Å². The van der Waals surface area contributed by atoms with Crippen LogP contribution in [0, 0.1) is 27.7 Å². The van der Waals surface area contributed by atoms with Gasteiger partial charge in [-0.2, -0.15) is 0 Å². The van der Waals surface area contributed by atoms with E-state index in [2.05, 4.69) is 411 Å². The van der Waals surface area contributed by atoms with Gasteiger partial charge in [0.25, 0.3) is 0 Å². The normalized spacial score (nSPS) is 13.9. The van der Waals surface area contributed by atoms with Gasteiger partial charge < -0.3 is 17.7 Å². The zero-order valence-corrected chi connectivity index (χ0v) is 83.7. The summed E-state index contributed by atoms with van der Waals surface area (Å²) in [4.78, 5) is 19.4. The lowest BCUT2D eigenvalue weighted by Crippen LogP contribution is -2.31. The maximum absolute atomic E-state index is 6.54. The van der Waals surface area contributed by atoms with Crippen LogP contribution in [0.2, 0.25) is 0 Å². The fourth-order valence-corrected chi connectivity index (χ4v) is 21.9. The van der Waals surface area contributed by atoms with E-state index in [0.29, 0.717) is 47.1 Å². The molecule has 3 saturated carbocycles. The minimum Gasteiger partial charge on any atom is -0.437 e. The van der Waals surface area contributed by atoms with Crippen molar-refractivity contribution in [1.29, 1.82) is 0 Å². The third-order valence-electron chi connectivity index (χ3n) is 29.9. The summed E-state index contributed by atoms with van der Waals surface area (Å²) in [5, 5.41) is 8.78. The summed E-state index contributed by atoms with van der Waals surface area (Å²) in [6.45, 7) is 30.5. The van der Waals surface area contributed by atoms with Crippen LogP contribution in [0.15, 0.2) is 285 Å². The van der Waals surface area contributed by atoms with Gasteiger partial charge >= 0.3 is 0 Å². The molecule has 0 unspecified atom stereocenters. The molecule has 12 heterocycles. The summed E-state index contributed by atoms with van der Waals surface area (Å²) in [5.74, 6) is 4.06. The van der Waals surface area contributed by atoms with Crippen molar-refractivity contribution in [3.63, 3.8) is 0 Å². The summed E-state index contributed by atoms with van der Waals surface area (Å²) in [6.07, 6.45) is 24.7. The number of aromatic nitrogens is 8. The molecule has 12 aromatic heterocycles. The molecule has 0 bridgehead atoms. The highest BCUT2D eigenvalue weighted by atomic mass is 16.4. The lowest BCUT2D eigenvalue weighted by atomic mass is 9.91. The lowest BCUT2D eigenvalue weighted by molar-refractivity contribution is -0.660. The molecule has 3 aliphatic rings. The van der Waals surface area contributed by atoms with E-state index < -0.39 is 0 Å². The second-order valence-electron chi connectivity index (χ2n) is 41.1. The topological polar surface area (TPSA) is 120 Å². The molecule has 138 heavy (non-hydrogen) atoms. The molecule has 0 atom stereocenters. The maximum Gasteiger partial charge on any atom is 0.227 e. The second kappa shape index (κ2) is 38.6. The fourth-order valence-electron chi connectivity index (χ4n) is 21.9. The van der Waals surface area contributed by atoms with Gasteiger partial charge in [-0.15, -0.1) is 0 Å². The summed E-state index contributed by atoms with van der Waals surface area (Å²) < 4.78 is 34.8. The van der Waals surface area contributed by atoms with Gasteiger partial charge in [-0.05, 0) is 253 Å². The smallest absolute Gasteiger partial charge is 0.227 e. The second-order valence-corrected chi connectivity index (χ2v) is 41.1. The Labute approximate surface area is 812 Å². The average Bonchev–Trinajstić information content (AvgIpc) is 1.60. The Bertz CT molecular complexity index is 8030. The van der Waals surface area contributed by atoms with Crippen LogP contribution in [0.1, 0.15) is 261 Å². The van der Waals surface area contributed by atoms with Gasteiger partial charge in [-0.25, -0.2) is 38.2 Å². The van der Waals surface area contributed by atoms with Gasteiger partial charge in [0.15, 0.2) is 47.1 Å². The van der Waals surface area contributed by atoms with Crippen molar-refractivity contribution in [3.8, 4) is 89.5 Å². The number of aryl methyl sites for hydroxylation is 8. The van der Waals surface area contributed by atoms with Gasteiger partial charge in [0.1, 0.15) is 28.2 Å². The van der Waals surface area contributed by atoms with E-state index in [4.69, 9.17) is 37.6 Å². The molecule has 0 N–H and O–H groups in total. The summed E-state index contributed by atoms with van der Waals surface area (Å²) >= 11 is 0. The Morgan fingerprint density at radius 3 is 0.964 bits per heavy atom. The monoisotopic (exact) mass is 1820 g/mol. The Morgan fingerprint density at radius 2 is 0.587 bits per heavy atom. The molecule has 0 amide bonds. The van der Waals surface area contributed by atoms with Gasteiger partial charge in [0.05, 0.1) is 33.4 Å². The molecular formula is C126H130N8O4+4. The number of nitrogens with zero attached hydrogens (tertiary/aromatic N) is 8. The van der Waals surface area contributed by atoms with Crippen molar-refractivity contribution in [2.45, 2.75) is 221 Å². The Hall–Kier alpha value is -13.8. The first-order valence-corrected chi connectivity index (χ1v) is 50.6. The number of hydrogen-bond donors (Lipinski definition) is 0. The molecule has 3 fully saturated rings. The van der Waals surface area contributed by atoms with Crippen LogP contribution in [-0.2, 0) is 28.2 Å². The predicted octanol–water partition coefficient (Wildman–Crippen LogP) is 32.4. The molecule has 12 nitrogen and oxygen atoms in total. The highest BCUT2D eigenvalue weighted by Crippen LogP contribution is 2.48. The quantitative estimate of drug-likeness (QED) is 0.0878. The Balaban J connectivity index is 0.000000113. The third-order valence-corrected chi connectivity index (χ3v) is 29.9. The molecule has 0 radical (unpaired) electrons. The number of hydrogen-bond acceptors (Lipinski definition) is 8. The van der Waals surface area contributed by atoms with E-state index in [1.54, 1.807) is 0 Å². The van der Waals surface area contributed by atoms with E-state index in [0.717, 1.165) is 151 Å². The van der Waals surface area contributed by atoms with E-state index in [1.165, 1.54) is 172 Å². The van der Waals surface area contributed by atoms with Crippen LogP contribution in [0.5, 0.6) is 0 Å². The zero-order valence-electron chi connectivity index (χ0n) is 83.7. The van der Waals surface area contributed by atoms with E-state index in [1.807, 2.05) is 0 Å². The predicted molar refractivity (Wildman–Crippen MR) is 567 cm³/mol. The van der Waals surface area contributed by atoms with Crippen LogP contribution < -0.4 is 18.3 Å². The third kappa shape index (κ3) is 17.8. The van der Waals surface area contributed by atoms with Crippen LogP contribution >= 0.6 is 0 Å². The number of fused-ring (bicyclic) bond motifs is 12. The van der Waals surface area contributed by atoms with Gasteiger partial charge in [-0.1, -0.05) is 253 Å². The molecule has 0 saturated heterocycles. The van der Waals surface area contributed by atoms with Gasteiger partial charge in [-0.3, -0.25) is 0 Å². The Kier molecular flexibility index (Phi) is 25.7. The van der Waals surface area contributed by atoms with Crippen molar-refractivity contribution >= 4 is 88.3 Å². The van der Waals surface area contributed by atoms with Crippen molar-refractivity contribution in [3.05, 3.63) is 335 Å². The highest BCUT2D eigenvalue weighted by molar-refractivity contribution is 6.13. The lowest BCUT2D eigenvalue weighted by Gasteiger charge is -2.14. The summed E-state index contributed by atoms with van der Waals surface area (Å²) in [6, 6.07) is 88.8. The average molecular weight is 1820 g/mol. The first-order chi connectivity index (χ1) is 66.8. The first kappa shape index (κ1) is 91.9. The molecular weight excluding hydrogens is 1690 g/mol. The maximum atomic E-state index is 6.54. The molecule has 3 aliphatic carbocycles. The number of rotatable bonds is 16. The highest BCUT2D eigenvalue weighted by Gasteiger charge is 2.32. The van der Waals surface area contributed by atoms with E-state index in [9.17, 15) is 0 Å². The van der Waals surface area contributed by atoms with E-state index >= 15 is 0 Å². The summed E-state index contributed by atoms with van der Waals surface area (Å²) in [7, 11) is 8.50. The standard InChI is InChI=1S/3C32H33N2O.C30H31N2O/c1-20(2)28-17-16-27-26-15-14-21(3)29(31(26)35-32(27)33-28)30-25(13-8-18-34(30)4)24-12-7-11-23(19-24)22-9-5-6-10-22;1-20(2)28-16-15-27-26-14-12-21(3)30(31(26)35-32(27)33-28)29-17-13-25(19-34(29)4)24-11-7-10-23(18-24)22-8-5-6-9-22;1-20(2)28-15-14-27-26-13-12-21(3)30(31(26)35-32(27)33-28)29-19-25(16-17-34(29)4)24-11-7-10-23(18-24)22-8-5-6-9-22;1-18(2)21-9-7-10-22(17-21)23-11-8-16-32(6)28(23)27-20(5)12-13-24-25-14-15-26(19(3)4)31-30(25)33-29(24)27/h7-8,11-20,22H,5-6,9-10H2,1-4H3;2*7,10-20,22H,5-6,8-9H2,1-4H3;7-19H,1-6H3/q4*+1. The molecule has 0 aliphatic heterocycles. The largest absolute Gasteiger partial charge is 0.437 e. The molecule has 23 rings (SSSR count). The molecule has 8 aromatic carbocycles. The molecule has 20 aromatic rings. The molecule has 694 valence electrons. The summed E-state index contributed by atoms with van der Waals surface area (Å²) in [5.41, 5.74) is 40.6. The van der Waals surface area contributed by atoms with Crippen molar-refractivity contribution in [2.24, 2.45) is 28.2 Å².